The summed E-state index contributed by atoms with van der Waals surface area (Å²) in [6.07, 6.45) is 7.81. The van der Waals surface area contributed by atoms with Crippen molar-refractivity contribution in [2.45, 2.75) is 101 Å². The molecule has 0 aromatic rings. The van der Waals surface area contributed by atoms with Crippen molar-refractivity contribution in [2.75, 3.05) is 6.61 Å². The Bertz CT molecular complexity index is 588. The first-order valence-corrected chi connectivity index (χ1v) is 11.2. The molecule has 0 atom stereocenters. The van der Waals surface area contributed by atoms with Gasteiger partial charge in [-0.2, -0.15) is 17.2 Å². The lowest BCUT2D eigenvalue weighted by molar-refractivity contribution is -0.155. The van der Waals surface area contributed by atoms with Crippen molar-refractivity contribution in [3.63, 3.8) is 0 Å². The maximum atomic E-state index is 14.7. The fraction of sp³-hybridized carbons (Fsp3) is 0.944. The van der Waals surface area contributed by atoms with E-state index in [1.54, 1.807) is 0 Å². The molecule has 2 aliphatic carbocycles. The van der Waals surface area contributed by atoms with Crippen molar-refractivity contribution >= 4 is 16.0 Å². The number of carbonyl (C=O) groups excluding carboxylic acids is 1. The third-order valence-corrected chi connectivity index (χ3v) is 6.53. The highest BCUT2D eigenvalue weighted by atomic mass is 32.2. The van der Waals surface area contributed by atoms with Crippen LogP contribution in [0.25, 0.3) is 0 Å². The number of halogens is 2. The van der Waals surface area contributed by atoms with E-state index in [-0.39, 0.29) is 12.1 Å². The zero-order chi connectivity index (χ0) is 20.3. The van der Waals surface area contributed by atoms with Crippen LogP contribution >= 0.6 is 0 Å². The highest BCUT2D eigenvalue weighted by Crippen LogP contribution is 2.35. The predicted octanol–water partition coefficient (Wildman–Crippen LogP) is 3.19. The van der Waals surface area contributed by atoms with E-state index in [1.807, 2.05) is 0 Å². The third-order valence-electron chi connectivity index (χ3n) is 5.30. The molecule has 158 valence electrons. The number of hydrogen-bond donors (Lipinski definition) is 1. The van der Waals surface area contributed by atoms with Gasteiger partial charge in [0.15, 0.2) is 0 Å². The molecule has 0 aromatic heterocycles. The van der Waals surface area contributed by atoms with Gasteiger partial charge >= 0.3 is 21.3 Å². The fourth-order valence-corrected chi connectivity index (χ4v) is 4.81. The second-order valence-electron chi connectivity index (χ2n) is 8.34. The highest BCUT2D eigenvalue weighted by molar-refractivity contribution is 7.88. The summed E-state index contributed by atoms with van der Waals surface area (Å²) in [7, 11) is -5.50. The molecule has 0 saturated heterocycles. The summed E-state index contributed by atoms with van der Waals surface area (Å²) in [6.45, 7) is 1.63. The second kappa shape index (κ2) is 8.69. The topological polar surface area (TPSA) is 83.9 Å². The molecular weight excluding hydrogens is 380 g/mol. The lowest BCUT2D eigenvalue weighted by Gasteiger charge is -2.42. The van der Waals surface area contributed by atoms with Gasteiger partial charge in [-0.3, -0.25) is 8.98 Å². The second-order valence-corrected chi connectivity index (χ2v) is 10.00. The maximum absolute atomic E-state index is 14.7. The summed E-state index contributed by atoms with van der Waals surface area (Å²) in [5, 5.41) is 4.90. The van der Waals surface area contributed by atoms with Gasteiger partial charge < -0.3 is 10.0 Å². The number of hydrogen-bond acceptors (Lipinski definition) is 5. The van der Waals surface area contributed by atoms with Crippen molar-refractivity contribution in [1.29, 1.82) is 0 Å². The van der Waals surface area contributed by atoms with E-state index in [9.17, 15) is 27.1 Å². The first-order chi connectivity index (χ1) is 12.5. The van der Waals surface area contributed by atoms with E-state index in [1.165, 1.54) is 13.8 Å². The molecule has 2 fully saturated rings. The average Bonchev–Trinajstić information content (AvgIpc) is 2.61. The van der Waals surface area contributed by atoms with Crippen LogP contribution in [0.1, 0.15) is 78.1 Å². The molecule has 0 spiro atoms. The molecule has 2 saturated carbocycles. The van der Waals surface area contributed by atoms with Crippen LogP contribution in [0.3, 0.4) is 0 Å². The summed E-state index contributed by atoms with van der Waals surface area (Å²) in [4.78, 5) is 13.9. The molecular formula is C18H31F2NO5S. The fourth-order valence-electron chi connectivity index (χ4n) is 3.90. The summed E-state index contributed by atoms with van der Waals surface area (Å²) >= 11 is 0. The first-order valence-electron chi connectivity index (χ1n) is 9.78. The van der Waals surface area contributed by atoms with Gasteiger partial charge in [0.05, 0.1) is 12.2 Å². The number of alkyl halides is 2. The predicted molar refractivity (Wildman–Crippen MR) is 96.7 cm³/mol. The number of aliphatic hydroxyl groups is 1. The Morgan fingerprint density at radius 1 is 1.00 bits per heavy atom. The number of rotatable bonds is 7. The maximum Gasteiger partial charge on any atom is 0.447 e. The molecule has 9 heteroatoms. The molecule has 0 radical (unpaired) electrons. The Labute approximate surface area is 160 Å². The smallest absolute Gasteiger partial charge is 0.388 e. The summed E-state index contributed by atoms with van der Waals surface area (Å²) in [6, 6.07) is -0.714. The standard InChI is InChI=1S/C18H31F2NO5S/c1-17(2,23)13-26-27(24,25)18(19,20)16(22)21(14-9-5-3-6-10-14)15-11-7-4-8-12-15/h14-15,23H,3-13H2,1-2H3. The molecule has 2 aliphatic rings. The molecule has 0 bridgehead atoms. The Hall–Kier alpha value is -0.800. The molecule has 0 aliphatic heterocycles. The van der Waals surface area contributed by atoms with Gasteiger partial charge in [0.1, 0.15) is 0 Å². The van der Waals surface area contributed by atoms with E-state index < -0.39 is 33.5 Å². The van der Waals surface area contributed by atoms with E-state index in [2.05, 4.69) is 4.18 Å². The van der Waals surface area contributed by atoms with Crippen LogP contribution < -0.4 is 0 Å². The van der Waals surface area contributed by atoms with Gasteiger partial charge in [-0.25, -0.2) is 0 Å². The lowest BCUT2D eigenvalue weighted by atomic mass is 9.88. The van der Waals surface area contributed by atoms with Crippen molar-refractivity contribution in [1.82, 2.24) is 4.90 Å². The summed E-state index contributed by atoms with van der Waals surface area (Å²) in [5.41, 5.74) is -1.61. The monoisotopic (exact) mass is 411 g/mol. The molecule has 0 unspecified atom stereocenters. The van der Waals surface area contributed by atoms with Gasteiger partial charge in [-0.05, 0) is 39.5 Å². The van der Waals surface area contributed by atoms with Crippen LogP contribution in [-0.4, -0.2) is 53.9 Å². The molecule has 0 heterocycles. The van der Waals surface area contributed by atoms with Crippen LogP contribution in [0.5, 0.6) is 0 Å². The number of amides is 1. The molecule has 1 amide bonds. The van der Waals surface area contributed by atoms with E-state index in [0.717, 1.165) is 43.4 Å². The molecule has 6 nitrogen and oxygen atoms in total. The van der Waals surface area contributed by atoms with Crippen LogP contribution in [0, 0.1) is 0 Å². The SMILES string of the molecule is CC(C)(O)COS(=O)(=O)C(F)(F)C(=O)N(C1CCCCC1)C1CCCCC1. The van der Waals surface area contributed by atoms with Crippen LogP contribution in [0.2, 0.25) is 0 Å². The van der Waals surface area contributed by atoms with Crippen molar-refractivity contribution in [2.24, 2.45) is 0 Å². The van der Waals surface area contributed by atoms with Crippen molar-refractivity contribution in [3.05, 3.63) is 0 Å². The quantitative estimate of drug-likeness (QED) is 0.651. The van der Waals surface area contributed by atoms with E-state index >= 15 is 0 Å². The normalized spacial score (nSPS) is 21.2. The van der Waals surface area contributed by atoms with Gasteiger partial charge in [-0.1, -0.05) is 38.5 Å². The van der Waals surface area contributed by atoms with E-state index in [0.29, 0.717) is 25.7 Å². The van der Waals surface area contributed by atoms with E-state index in [4.69, 9.17) is 0 Å². The Kier molecular flexibility index (Phi) is 7.24. The average molecular weight is 412 g/mol. The summed E-state index contributed by atoms with van der Waals surface area (Å²) in [5.74, 6) is -1.68. The van der Waals surface area contributed by atoms with Gasteiger partial charge in [0.25, 0.3) is 0 Å². The molecule has 1 N–H and O–H groups in total. The van der Waals surface area contributed by atoms with Crippen LogP contribution in [-0.2, 0) is 19.1 Å². The number of nitrogens with zero attached hydrogens (tertiary/aromatic N) is 1. The third kappa shape index (κ3) is 5.60. The van der Waals surface area contributed by atoms with Crippen LogP contribution in [0.4, 0.5) is 8.78 Å². The summed E-state index contributed by atoms with van der Waals surface area (Å²) < 4.78 is 58.0. The van der Waals surface area contributed by atoms with Crippen molar-refractivity contribution in [3.8, 4) is 0 Å². The van der Waals surface area contributed by atoms with Crippen LogP contribution in [0.15, 0.2) is 0 Å². The number of carbonyl (C=O) groups is 1. The zero-order valence-electron chi connectivity index (χ0n) is 16.1. The Morgan fingerprint density at radius 2 is 1.41 bits per heavy atom. The highest BCUT2D eigenvalue weighted by Gasteiger charge is 2.58. The zero-order valence-corrected chi connectivity index (χ0v) is 16.9. The lowest BCUT2D eigenvalue weighted by Crippen LogP contribution is -2.57. The minimum absolute atomic E-state index is 0.357. The molecule has 2 rings (SSSR count). The molecule has 0 aromatic carbocycles. The van der Waals surface area contributed by atoms with Gasteiger partial charge in [-0.15, -0.1) is 0 Å². The van der Waals surface area contributed by atoms with Gasteiger partial charge in [0.2, 0.25) is 0 Å². The minimum atomic E-state index is -5.50. The van der Waals surface area contributed by atoms with Gasteiger partial charge in [0, 0.05) is 12.1 Å². The minimum Gasteiger partial charge on any atom is -0.388 e. The largest absolute Gasteiger partial charge is 0.447 e. The van der Waals surface area contributed by atoms with Crippen molar-refractivity contribution < 1.29 is 31.3 Å². The molecule has 27 heavy (non-hydrogen) atoms. The first kappa shape index (κ1) is 22.5. The Morgan fingerprint density at radius 3 is 1.78 bits per heavy atom. The Balaban J connectivity index is 2.25.